The summed E-state index contributed by atoms with van der Waals surface area (Å²) in [6.45, 7) is 8.46. The Morgan fingerprint density at radius 2 is 1.63 bits per heavy atom. The Morgan fingerprint density at radius 1 is 0.852 bits per heavy atom. The lowest BCUT2D eigenvalue weighted by Crippen LogP contribution is -2.40. The monoisotopic (exact) mass is 372 g/mol. The summed E-state index contributed by atoms with van der Waals surface area (Å²) in [4.78, 5) is 34.9. The highest BCUT2D eigenvalue weighted by molar-refractivity contribution is 5.97. The van der Waals surface area contributed by atoms with Crippen molar-refractivity contribution >= 4 is 11.8 Å². The number of aromatic nitrogens is 2. The van der Waals surface area contributed by atoms with Crippen molar-refractivity contribution in [2.24, 2.45) is 11.8 Å². The van der Waals surface area contributed by atoms with Crippen LogP contribution in [-0.4, -0.2) is 57.3 Å². The molecule has 27 heavy (non-hydrogen) atoms. The molecule has 2 fully saturated rings. The third kappa shape index (κ3) is 3.63. The molecule has 1 unspecified atom stereocenters. The zero-order chi connectivity index (χ0) is 19.0. The molecule has 1 aromatic rings. The highest BCUT2D eigenvalue weighted by Crippen LogP contribution is 2.26. The minimum atomic E-state index is 0.0103. The van der Waals surface area contributed by atoms with Crippen molar-refractivity contribution in [2.45, 2.75) is 65.3 Å². The summed E-state index contributed by atoms with van der Waals surface area (Å²) in [5.41, 5.74) is 1.52. The number of imidazole rings is 1. The second kappa shape index (κ2) is 7.64. The lowest BCUT2D eigenvalue weighted by atomic mass is 9.99. The lowest BCUT2D eigenvalue weighted by Gasteiger charge is -2.30. The number of hydrogen-bond donors (Lipinski definition) is 0. The maximum atomic E-state index is 13.2. The van der Waals surface area contributed by atoms with Crippen LogP contribution >= 0.6 is 0 Å². The molecular weight excluding hydrogens is 340 g/mol. The molecule has 6 nitrogen and oxygen atoms in total. The normalized spacial score (nSPS) is 24.0. The van der Waals surface area contributed by atoms with Gasteiger partial charge in [-0.1, -0.05) is 13.8 Å². The van der Waals surface area contributed by atoms with Crippen LogP contribution in [-0.2, 0) is 13.0 Å². The summed E-state index contributed by atoms with van der Waals surface area (Å²) in [7, 11) is 0. The van der Waals surface area contributed by atoms with Crippen molar-refractivity contribution in [1.29, 1.82) is 0 Å². The Kier molecular flexibility index (Phi) is 5.24. The minimum Gasteiger partial charge on any atom is -0.337 e. The van der Waals surface area contributed by atoms with Crippen LogP contribution in [0.4, 0.5) is 0 Å². The van der Waals surface area contributed by atoms with Crippen LogP contribution in [0.15, 0.2) is 0 Å². The topological polar surface area (TPSA) is 58.4 Å². The van der Waals surface area contributed by atoms with E-state index in [2.05, 4.69) is 18.8 Å². The second-order valence-electron chi connectivity index (χ2n) is 8.81. The Labute approximate surface area is 161 Å². The Hall–Kier alpha value is -1.85. The number of nitrogens with zero attached hydrogens (tertiary/aromatic N) is 4. The first-order chi connectivity index (χ1) is 13.0. The van der Waals surface area contributed by atoms with E-state index in [4.69, 9.17) is 0 Å². The molecule has 0 saturated carbocycles. The number of fused-ring (bicyclic) bond motifs is 1. The van der Waals surface area contributed by atoms with Gasteiger partial charge >= 0.3 is 0 Å². The number of likely N-dealkylation sites (tertiary alicyclic amines) is 2. The standard InChI is InChI=1S/C21H32N4O2/c1-15-8-12-23(13-9-15)21(27)19-22-18(17-7-3-4-11-25(17)19)20(26)24-10-5-6-16(2)14-24/h15-16H,3-14H2,1-2H3. The van der Waals surface area contributed by atoms with Gasteiger partial charge in [0.2, 0.25) is 0 Å². The van der Waals surface area contributed by atoms with Crippen LogP contribution in [0.1, 0.15) is 79.2 Å². The molecule has 4 rings (SSSR count). The van der Waals surface area contributed by atoms with Crippen molar-refractivity contribution in [3.63, 3.8) is 0 Å². The predicted octanol–water partition coefficient (Wildman–Crippen LogP) is 2.96. The maximum Gasteiger partial charge on any atom is 0.289 e. The average Bonchev–Trinajstić information content (AvgIpc) is 3.07. The van der Waals surface area contributed by atoms with Gasteiger partial charge in [-0.05, 0) is 56.8 Å². The molecule has 4 heterocycles. The van der Waals surface area contributed by atoms with Gasteiger partial charge in [0.05, 0.1) is 5.69 Å². The van der Waals surface area contributed by atoms with Gasteiger partial charge in [-0.15, -0.1) is 0 Å². The van der Waals surface area contributed by atoms with Gasteiger partial charge in [-0.3, -0.25) is 9.59 Å². The Bertz CT molecular complexity index is 718. The van der Waals surface area contributed by atoms with Crippen molar-refractivity contribution < 1.29 is 9.59 Å². The second-order valence-corrected chi connectivity index (χ2v) is 8.81. The number of rotatable bonds is 2. The maximum absolute atomic E-state index is 13.2. The number of piperidine rings is 2. The predicted molar refractivity (Wildman–Crippen MR) is 104 cm³/mol. The quantitative estimate of drug-likeness (QED) is 0.802. The van der Waals surface area contributed by atoms with Crippen LogP contribution in [0.2, 0.25) is 0 Å². The highest BCUT2D eigenvalue weighted by atomic mass is 16.2. The lowest BCUT2D eigenvalue weighted by molar-refractivity contribution is 0.0675. The fourth-order valence-corrected chi connectivity index (χ4v) is 4.75. The zero-order valence-corrected chi connectivity index (χ0v) is 16.7. The fraction of sp³-hybridized carbons (Fsp3) is 0.762. The van der Waals surface area contributed by atoms with Crippen LogP contribution in [0.25, 0.3) is 0 Å². The van der Waals surface area contributed by atoms with Gasteiger partial charge in [0.25, 0.3) is 11.8 Å². The first kappa shape index (κ1) is 18.5. The van der Waals surface area contributed by atoms with Crippen molar-refractivity contribution in [2.75, 3.05) is 26.2 Å². The highest BCUT2D eigenvalue weighted by Gasteiger charge is 2.33. The van der Waals surface area contributed by atoms with Gasteiger partial charge < -0.3 is 14.4 Å². The molecule has 0 bridgehead atoms. The summed E-state index contributed by atoms with van der Waals surface area (Å²) in [6.07, 6.45) is 7.31. The molecule has 1 atom stereocenters. The van der Waals surface area contributed by atoms with Gasteiger partial charge in [0, 0.05) is 32.7 Å². The molecule has 0 radical (unpaired) electrons. The van der Waals surface area contributed by atoms with Crippen LogP contribution in [0.5, 0.6) is 0 Å². The number of hydrogen-bond acceptors (Lipinski definition) is 3. The summed E-state index contributed by atoms with van der Waals surface area (Å²) in [5.74, 6) is 1.75. The molecule has 3 aliphatic rings. The van der Waals surface area contributed by atoms with Crippen molar-refractivity contribution in [3.8, 4) is 0 Å². The Morgan fingerprint density at radius 3 is 2.37 bits per heavy atom. The molecular formula is C21H32N4O2. The van der Waals surface area contributed by atoms with Crippen LogP contribution in [0.3, 0.4) is 0 Å². The van der Waals surface area contributed by atoms with E-state index in [-0.39, 0.29) is 11.8 Å². The molecule has 2 saturated heterocycles. The first-order valence-corrected chi connectivity index (χ1v) is 10.7. The third-order valence-electron chi connectivity index (χ3n) is 6.53. The zero-order valence-electron chi connectivity index (χ0n) is 16.7. The first-order valence-electron chi connectivity index (χ1n) is 10.7. The number of carbonyl (C=O) groups is 2. The summed E-state index contributed by atoms with van der Waals surface area (Å²) in [5, 5.41) is 0. The van der Waals surface area contributed by atoms with E-state index in [1.54, 1.807) is 0 Å². The molecule has 148 valence electrons. The molecule has 0 N–H and O–H groups in total. The van der Waals surface area contributed by atoms with E-state index in [0.29, 0.717) is 23.4 Å². The molecule has 0 aliphatic carbocycles. The summed E-state index contributed by atoms with van der Waals surface area (Å²) < 4.78 is 2.05. The largest absolute Gasteiger partial charge is 0.337 e. The van der Waals surface area contributed by atoms with Gasteiger partial charge in [0.1, 0.15) is 5.69 Å². The SMILES string of the molecule is CC1CCN(C(=O)c2nc(C(=O)N3CCCC(C)C3)c3n2CCCC3)CC1. The molecule has 0 aromatic carbocycles. The van der Waals surface area contributed by atoms with E-state index in [9.17, 15) is 9.59 Å². The smallest absolute Gasteiger partial charge is 0.289 e. The van der Waals surface area contributed by atoms with E-state index < -0.39 is 0 Å². The van der Waals surface area contributed by atoms with E-state index in [0.717, 1.165) is 76.9 Å². The van der Waals surface area contributed by atoms with E-state index >= 15 is 0 Å². The van der Waals surface area contributed by atoms with E-state index in [1.807, 2.05) is 14.4 Å². The molecule has 1 aromatic heterocycles. The van der Waals surface area contributed by atoms with Gasteiger partial charge in [0.15, 0.2) is 5.82 Å². The molecule has 3 aliphatic heterocycles. The van der Waals surface area contributed by atoms with Crippen molar-refractivity contribution in [1.82, 2.24) is 19.4 Å². The summed E-state index contributed by atoms with van der Waals surface area (Å²) in [6, 6.07) is 0. The average molecular weight is 373 g/mol. The molecule has 6 heteroatoms. The van der Waals surface area contributed by atoms with Crippen LogP contribution in [0, 0.1) is 11.8 Å². The minimum absolute atomic E-state index is 0.0103. The third-order valence-corrected chi connectivity index (χ3v) is 6.53. The van der Waals surface area contributed by atoms with Crippen LogP contribution < -0.4 is 0 Å². The number of carbonyl (C=O) groups excluding carboxylic acids is 2. The summed E-state index contributed by atoms with van der Waals surface area (Å²) >= 11 is 0. The molecule has 0 spiro atoms. The van der Waals surface area contributed by atoms with Crippen molar-refractivity contribution in [3.05, 3.63) is 17.2 Å². The van der Waals surface area contributed by atoms with Gasteiger partial charge in [-0.2, -0.15) is 0 Å². The number of amides is 2. The fourth-order valence-electron chi connectivity index (χ4n) is 4.75. The van der Waals surface area contributed by atoms with E-state index in [1.165, 1.54) is 6.42 Å². The molecule has 2 amide bonds. The Balaban J connectivity index is 1.61. The van der Waals surface area contributed by atoms with Gasteiger partial charge in [-0.25, -0.2) is 4.98 Å².